The van der Waals surface area contributed by atoms with E-state index in [0.717, 1.165) is 5.56 Å². The topological polar surface area (TPSA) is 90.0 Å². The summed E-state index contributed by atoms with van der Waals surface area (Å²) in [5.41, 5.74) is 2.99. The van der Waals surface area contributed by atoms with Gasteiger partial charge in [-0.05, 0) is 63.5 Å². The maximum atomic E-state index is 14.0. The molecule has 1 aliphatic rings. The van der Waals surface area contributed by atoms with E-state index in [-0.39, 0.29) is 37.0 Å². The fourth-order valence-electron chi connectivity index (χ4n) is 4.12. The maximum absolute atomic E-state index is 14.0. The average Bonchev–Trinajstić information content (AvgIpc) is 3.27. The number of nitrogens with zero attached hydrogens (tertiary/aromatic N) is 1. The van der Waals surface area contributed by atoms with Crippen molar-refractivity contribution in [1.29, 1.82) is 0 Å². The standard InChI is InChI=1S/C26H32NO6PS/c1-6-32-34(29,33-7-2)26(22-11-9-8-10-12-22)20(4)24-17-27(18-25(24)21(5)28)35(30,31)23-15-13-19(3)14-16-23/h8-16H,6-7,17-18H2,1-5H3/b26-20-. The summed E-state index contributed by atoms with van der Waals surface area (Å²) in [5, 5.41) is 0.338. The molecule has 1 aliphatic heterocycles. The van der Waals surface area contributed by atoms with Crippen LogP contribution in [-0.2, 0) is 28.4 Å². The summed E-state index contributed by atoms with van der Waals surface area (Å²) in [7, 11) is -7.62. The summed E-state index contributed by atoms with van der Waals surface area (Å²) >= 11 is 0. The molecule has 9 heteroatoms. The molecule has 0 bridgehead atoms. The minimum absolute atomic E-state index is 0.0223. The van der Waals surface area contributed by atoms with E-state index in [9.17, 15) is 17.8 Å². The largest absolute Gasteiger partial charge is 0.362 e. The van der Waals surface area contributed by atoms with Crippen LogP contribution < -0.4 is 0 Å². The highest BCUT2D eigenvalue weighted by Crippen LogP contribution is 2.62. The number of Topliss-reactive ketones (excluding diaryl/α,β-unsaturated/α-hetero) is 1. The average molecular weight is 518 g/mol. The van der Waals surface area contributed by atoms with E-state index < -0.39 is 17.6 Å². The summed E-state index contributed by atoms with van der Waals surface area (Å²) in [6, 6.07) is 15.7. The summed E-state index contributed by atoms with van der Waals surface area (Å²) < 4.78 is 53.4. The van der Waals surface area contributed by atoms with E-state index in [1.807, 2.05) is 25.1 Å². The Morgan fingerprint density at radius 1 is 0.914 bits per heavy atom. The number of aryl methyl sites for hydroxylation is 1. The number of carbonyl (C=O) groups excluding carboxylic acids is 1. The van der Waals surface area contributed by atoms with E-state index in [2.05, 4.69) is 0 Å². The van der Waals surface area contributed by atoms with Gasteiger partial charge in [0.15, 0.2) is 5.78 Å². The predicted molar refractivity (Wildman–Crippen MR) is 138 cm³/mol. The van der Waals surface area contributed by atoms with Crippen molar-refractivity contribution >= 4 is 28.7 Å². The van der Waals surface area contributed by atoms with Crippen LogP contribution >= 0.6 is 7.60 Å². The molecule has 35 heavy (non-hydrogen) atoms. The second kappa shape index (κ2) is 11.1. The van der Waals surface area contributed by atoms with Crippen molar-refractivity contribution in [3.8, 4) is 0 Å². The van der Waals surface area contributed by atoms with Gasteiger partial charge < -0.3 is 9.05 Å². The first kappa shape index (κ1) is 27.2. The minimum atomic E-state index is -3.85. The third-order valence-corrected chi connectivity index (χ3v) is 9.99. The van der Waals surface area contributed by atoms with E-state index >= 15 is 0 Å². The molecule has 0 N–H and O–H groups in total. The Hall–Kier alpha value is -2.35. The maximum Gasteiger partial charge on any atom is 0.362 e. The highest BCUT2D eigenvalue weighted by atomic mass is 32.2. The van der Waals surface area contributed by atoms with E-state index in [4.69, 9.17) is 9.05 Å². The van der Waals surface area contributed by atoms with E-state index in [0.29, 0.717) is 27.6 Å². The van der Waals surface area contributed by atoms with E-state index in [1.165, 1.54) is 11.2 Å². The molecule has 0 aromatic heterocycles. The zero-order valence-electron chi connectivity index (χ0n) is 20.8. The van der Waals surface area contributed by atoms with Crippen LogP contribution in [0.3, 0.4) is 0 Å². The van der Waals surface area contributed by atoms with Gasteiger partial charge in [0.25, 0.3) is 0 Å². The van der Waals surface area contributed by atoms with Crippen molar-refractivity contribution < 1.29 is 26.8 Å². The number of rotatable bonds is 10. The monoisotopic (exact) mass is 517 g/mol. The molecule has 3 rings (SSSR count). The van der Waals surface area contributed by atoms with Crippen LogP contribution in [0.1, 0.15) is 38.8 Å². The van der Waals surface area contributed by atoms with Gasteiger partial charge in [-0.2, -0.15) is 4.31 Å². The molecule has 188 valence electrons. The lowest BCUT2D eigenvalue weighted by molar-refractivity contribution is -0.113. The molecule has 7 nitrogen and oxygen atoms in total. The number of sulfonamides is 1. The normalized spacial score (nSPS) is 15.9. The smallest absolute Gasteiger partial charge is 0.305 e. The first-order valence-corrected chi connectivity index (χ1v) is 14.5. The van der Waals surface area contributed by atoms with Crippen molar-refractivity contribution in [3.63, 3.8) is 0 Å². The van der Waals surface area contributed by atoms with Crippen LogP contribution in [-0.4, -0.2) is 44.8 Å². The quantitative estimate of drug-likeness (QED) is 0.382. The SMILES string of the molecule is CCOP(=O)(OCC)/C(=C(/C)C1=C(C(C)=O)CN(S(=O)(=O)c2ccc(C)cc2)C1)c1ccccc1. The Morgan fingerprint density at radius 2 is 1.46 bits per heavy atom. The zero-order valence-corrected chi connectivity index (χ0v) is 22.5. The summed E-state index contributed by atoms with van der Waals surface area (Å²) in [6.45, 7) is 8.74. The molecule has 0 aliphatic carbocycles. The molecule has 1 heterocycles. The van der Waals surface area contributed by atoms with Crippen molar-refractivity contribution in [2.45, 2.75) is 39.5 Å². The van der Waals surface area contributed by atoms with Gasteiger partial charge in [-0.3, -0.25) is 9.36 Å². The van der Waals surface area contributed by atoms with Crippen LogP contribution in [0.15, 0.2) is 76.2 Å². The van der Waals surface area contributed by atoms with Gasteiger partial charge in [0.1, 0.15) is 0 Å². The first-order valence-electron chi connectivity index (χ1n) is 11.5. The van der Waals surface area contributed by atoms with Crippen molar-refractivity contribution in [2.24, 2.45) is 0 Å². The Morgan fingerprint density at radius 3 is 1.97 bits per heavy atom. The molecule has 0 radical (unpaired) electrons. The summed E-state index contributed by atoms with van der Waals surface area (Å²) in [6.07, 6.45) is 0. The highest BCUT2D eigenvalue weighted by Gasteiger charge is 2.38. The Labute approximate surface area is 208 Å². The van der Waals surface area contributed by atoms with Crippen LogP contribution in [0.25, 0.3) is 5.31 Å². The fourth-order valence-corrected chi connectivity index (χ4v) is 7.52. The Kier molecular flexibility index (Phi) is 8.67. The lowest BCUT2D eigenvalue weighted by Crippen LogP contribution is -2.30. The van der Waals surface area contributed by atoms with Gasteiger partial charge in [-0.1, -0.05) is 48.0 Å². The lowest BCUT2D eigenvalue weighted by Gasteiger charge is -2.24. The fraction of sp³-hybridized carbons (Fsp3) is 0.346. The molecule has 0 fully saturated rings. The second-order valence-electron chi connectivity index (χ2n) is 8.27. The number of hydrogen-bond acceptors (Lipinski definition) is 6. The van der Waals surface area contributed by atoms with Gasteiger partial charge in [0, 0.05) is 18.7 Å². The van der Waals surface area contributed by atoms with Crippen molar-refractivity contribution in [2.75, 3.05) is 26.3 Å². The van der Waals surface area contributed by atoms with Gasteiger partial charge in [-0.15, -0.1) is 0 Å². The third kappa shape index (κ3) is 5.74. The van der Waals surface area contributed by atoms with Crippen LogP contribution in [0.2, 0.25) is 0 Å². The molecule has 0 unspecified atom stereocenters. The van der Waals surface area contributed by atoms with Crippen molar-refractivity contribution in [1.82, 2.24) is 4.31 Å². The van der Waals surface area contributed by atoms with Gasteiger partial charge in [0.05, 0.1) is 23.4 Å². The van der Waals surface area contributed by atoms with Crippen LogP contribution in [0, 0.1) is 6.92 Å². The molecule has 0 atom stereocenters. The molecule has 0 spiro atoms. The third-order valence-electron chi connectivity index (χ3n) is 5.84. The first-order chi connectivity index (χ1) is 16.5. The number of ketones is 1. The minimum Gasteiger partial charge on any atom is -0.305 e. The van der Waals surface area contributed by atoms with Gasteiger partial charge in [-0.25, -0.2) is 8.42 Å². The predicted octanol–water partition coefficient (Wildman–Crippen LogP) is 5.58. The van der Waals surface area contributed by atoms with Crippen molar-refractivity contribution in [3.05, 3.63) is 82.4 Å². The molecule has 0 saturated carbocycles. The molecular formula is C26H32NO6PS. The lowest BCUT2D eigenvalue weighted by atomic mass is 9.99. The molecule has 0 saturated heterocycles. The van der Waals surface area contributed by atoms with Gasteiger partial charge in [0.2, 0.25) is 10.0 Å². The second-order valence-corrected chi connectivity index (χ2v) is 12.2. The Bertz CT molecular complexity index is 1290. The highest BCUT2D eigenvalue weighted by molar-refractivity contribution is 7.89. The number of carbonyl (C=O) groups is 1. The van der Waals surface area contributed by atoms with Crippen LogP contribution in [0.4, 0.5) is 0 Å². The van der Waals surface area contributed by atoms with E-state index in [1.54, 1.807) is 57.2 Å². The summed E-state index contributed by atoms with van der Waals surface area (Å²) in [5.74, 6) is -0.240. The molecule has 2 aromatic carbocycles. The zero-order chi connectivity index (χ0) is 25.8. The van der Waals surface area contributed by atoms with Gasteiger partial charge >= 0.3 is 7.60 Å². The molecule has 2 aromatic rings. The number of hydrogen-bond donors (Lipinski definition) is 0. The molecular weight excluding hydrogens is 485 g/mol. The Balaban J connectivity index is 2.17. The summed E-state index contributed by atoms with van der Waals surface area (Å²) in [4.78, 5) is 12.8. The molecule has 0 amide bonds. The number of benzene rings is 2. The van der Waals surface area contributed by atoms with Crippen LogP contribution in [0.5, 0.6) is 0 Å².